The molecule has 0 aliphatic heterocycles. The quantitative estimate of drug-likeness (QED) is 0.674. The highest BCUT2D eigenvalue weighted by Gasteiger charge is 2.10. The summed E-state index contributed by atoms with van der Waals surface area (Å²) < 4.78 is 5.96. The van der Waals surface area contributed by atoms with Gasteiger partial charge in [0.05, 0.1) is 12.3 Å². The number of hydrogen-bond donors (Lipinski definition) is 3. The number of urea groups is 1. The molecule has 0 aliphatic carbocycles. The van der Waals surface area contributed by atoms with Crippen LogP contribution in [0.15, 0.2) is 51.6 Å². The highest BCUT2D eigenvalue weighted by molar-refractivity contribution is 9.10. The van der Waals surface area contributed by atoms with Crippen LogP contribution in [-0.2, 0) is 0 Å². The third kappa shape index (κ3) is 5.45. The molecule has 6 nitrogen and oxygen atoms in total. The van der Waals surface area contributed by atoms with Gasteiger partial charge in [0, 0.05) is 17.6 Å². The van der Waals surface area contributed by atoms with Crippen LogP contribution in [0.25, 0.3) is 0 Å². The lowest BCUT2D eigenvalue weighted by Gasteiger charge is -2.15. The average molecular weight is 380 g/mol. The van der Waals surface area contributed by atoms with E-state index in [4.69, 9.17) is 4.42 Å². The van der Waals surface area contributed by atoms with Crippen LogP contribution < -0.4 is 16.0 Å². The minimum absolute atomic E-state index is 0.110. The summed E-state index contributed by atoms with van der Waals surface area (Å²) in [4.78, 5) is 23.4. The first kappa shape index (κ1) is 17.1. The van der Waals surface area contributed by atoms with E-state index < -0.39 is 0 Å². The Bertz CT molecular complexity index is 641. The van der Waals surface area contributed by atoms with Crippen LogP contribution >= 0.6 is 15.9 Å². The van der Waals surface area contributed by atoms with Crippen molar-refractivity contribution in [1.82, 2.24) is 16.0 Å². The van der Waals surface area contributed by atoms with Crippen LogP contribution in [0.5, 0.6) is 0 Å². The Morgan fingerprint density at radius 3 is 2.48 bits per heavy atom. The molecule has 2 aromatic rings. The van der Waals surface area contributed by atoms with Crippen molar-refractivity contribution in [1.29, 1.82) is 0 Å². The fraction of sp³-hybridized carbons (Fsp3) is 0.250. The molecule has 3 N–H and O–H groups in total. The van der Waals surface area contributed by atoms with Crippen LogP contribution in [0, 0.1) is 0 Å². The first-order valence-corrected chi connectivity index (χ1v) is 7.97. The monoisotopic (exact) mass is 379 g/mol. The minimum atomic E-state index is -0.305. The van der Waals surface area contributed by atoms with Gasteiger partial charge in [0.25, 0.3) is 5.91 Å². The molecule has 3 amide bonds. The Morgan fingerprint density at radius 2 is 1.83 bits per heavy atom. The van der Waals surface area contributed by atoms with Crippen molar-refractivity contribution in [2.45, 2.75) is 13.0 Å². The molecule has 1 atom stereocenters. The Morgan fingerprint density at radius 1 is 1.13 bits per heavy atom. The van der Waals surface area contributed by atoms with Crippen LogP contribution in [0.2, 0.25) is 0 Å². The maximum atomic E-state index is 11.8. The lowest BCUT2D eigenvalue weighted by Crippen LogP contribution is -2.41. The van der Waals surface area contributed by atoms with Gasteiger partial charge in [-0.1, -0.05) is 28.1 Å². The smallest absolute Gasteiger partial charge is 0.315 e. The molecule has 1 unspecified atom stereocenters. The van der Waals surface area contributed by atoms with E-state index in [1.807, 2.05) is 31.2 Å². The Hall–Kier alpha value is -2.28. The van der Waals surface area contributed by atoms with Gasteiger partial charge in [-0.2, -0.15) is 0 Å². The first-order chi connectivity index (χ1) is 11.1. The predicted molar refractivity (Wildman–Crippen MR) is 90.1 cm³/mol. The standard InChI is InChI=1S/C16H18BrN3O3/c1-11(12-4-6-13(17)7-5-12)20-16(22)19-9-8-18-15(21)14-3-2-10-23-14/h2-7,10-11H,8-9H2,1H3,(H,18,21)(H2,19,20,22). The van der Waals surface area contributed by atoms with Crippen molar-refractivity contribution in [3.63, 3.8) is 0 Å². The summed E-state index contributed by atoms with van der Waals surface area (Å²) in [5.41, 5.74) is 1.01. The third-order valence-electron chi connectivity index (χ3n) is 3.16. The Kier molecular flexibility index (Phi) is 6.22. The van der Waals surface area contributed by atoms with Crippen molar-refractivity contribution in [2.24, 2.45) is 0 Å². The zero-order valence-electron chi connectivity index (χ0n) is 12.6. The normalized spacial score (nSPS) is 11.6. The lowest BCUT2D eigenvalue weighted by molar-refractivity contribution is 0.0926. The number of furan rings is 1. The molecule has 0 bridgehead atoms. The highest BCUT2D eigenvalue weighted by Crippen LogP contribution is 2.16. The molecule has 0 fully saturated rings. The molecule has 2 rings (SSSR count). The van der Waals surface area contributed by atoms with Gasteiger partial charge in [0.2, 0.25) is 0 Å². The Labute approximate surface area is 142 Å². The second-order valence-electron chi connectivity index (χ2n) is 4.91. The molecule has 23 heavy (non-hydrogen) atoms. The molecule has 122 valence electrons. The predicted octanol–water partition coefficient (Wildman–Crippen LogP) is 2.83. The number of halogens is 1. The molecule has 7 heteroatoms. The summed E-state index contributed by atoms with van der Waals surface area (Å²) >= 11 is 3.37. The largest absolute Gasteiger partial charge is 0.459 e. The van der Waals surface area contributed by atoms with Gasteiger partial charge in [-0.25, -0.2) is 4.79 Å². The van der Waals surface area contributed by atoms with E-state index >= 15 is 0 Å². The fourth-order valence-corrected chi connectivity index (χ4v) is 2.19. The fourth-order valence-electron chi connectivity index (χ4n) is 1.93. The molecule has 0 saturated heterocycles. The summed E-state index contributed by atoms with van der Waals surface area (Å²) in [5, 5.41) is 8.18. The summed E-state index contributed by atoms with van der Waals surface area (Å²) in [6, 6.07) is 10.6. The van der Waals surface area contributed by atoms with Gasteiger partial charge in [-0.3, -0.25) is 4.79 Å². The maximum Gasteiger partial charge on any atom is 0.315 e. The van der Waals surface area contributed by atoms with Gasteiger partial charge in [-0.05, 0) is 36.8 Å². The molecule has 0 aliphatic rings. The summed E-state index contributed by atoms with van der Waals surface area (Å²) in [5.74, 6) is -0.0567. The van der Waals surface area contributed by atoms with Gasteiger partial charge < -0.3 is 20.4 Å². The second-order valence-corrected chi connectivity index (χ2v) is 5.82. The van der Waals surface area contributed by atoms with Crippen molar-refractivity contribution in [3.8, 4) is 0 Å². The number of benzene rings is 1. The number of carbonyl (C=O) groups is 2. The molecular weight excluding hydrogens is 362 g/mol. The van der Waals surface area contributed by atoms with Gasteiger partial charge in [-0.15, -0.1) is 0 Å². The molecule has 1 aromatic heterocycles. The maximum absolute atomic E-state index is 11.8. The number of rotatable bonds is 6. The van der Waals surface area contributed by atoms with Crippen LogP contribution in [0.1, 0.15) is 29.1 Å². The van der Waals surface area contributed by atoms with E-state index in [1.54, 1.807) is 12.1 Å². The van der Waals surface area contributed by atoms with E-state index in [2.05, 4.69) is 31.9 Å². The van der Waals surface area contributed by atoms with Crippen LogP contribution in [0.3, 0.4) is 0 Å². The minimum Gasteiger partial charge on any atom is -0.459 e. The van der Waals surface area contributed by atoms with Crippen LogP contribution in [-0.4, -0.2) is 25.0 Å². The topological polar surface area (TPSA) is 83.4 Å². The molecule has 0 saturated carbocycles. The first-order valence-electron chi connectivity index (χ1n) is 7.18. The number of carbonyl (C=O) groups excluding carboxylic acids is 2. The number of amides is 3. The molecule has 1 aromatic carbocycles. The number of nitrogens with one attached hydrogen (secondary N) is 3. The van der Waals surface area contributed by atoms with Gasteiger partial charge >= 0.3 is 6.03 Å². The molecule has 0 radical (unpaired) electrons. The van der Waals surface area contributed by atoms with Crippen LogP contribution in [0.4, 0.5) is 4.79 Å². The van der Waals surface area contributed by atoms with Gasteiger partial charge in [0.1, 0.15) is 0 Å². The van der Waals surface area contributed by atoms with Crippen molar-refractivity contribution in [3.05, 3.63) is 58.5 Å². The molecule has 0 spiro atoms. The second kappa shape index (κ2) is 8.38. The van der Waals surface area contributed by atoms with E-state index in [-0.39, 0.29) is 23.7 Å². The Balaban J connectivity index is 1.67. The lowest BCUT2D eigenvalue weighted by atomic mass is 10.1. The highest BCUT2D eigenvalue weighted by atomic mass is 79.9. The number of hydrogen-bond acceptors (Lipinski definition) is 3. The van der Waals surface area contributed by atoms with E-state index in [9.17, 15) is 9.59 Å². The zero-order valence-corrected chi connectivity index (χ0v) is 14.2. The molecular formula is C16H18BrN3O3. The van der Waals surface area contributed by atoms with E-state index in [1.165, 1.54) is 6.26 Å². The van der Waals surface area contributed by atoms with Crippen molar-refractivity contribution in [2.75, 3.05) is 13.1 Å². The van der Waals surface area contributed by atoms with Crippen molar-refractivity contribution < 1.29 is 14.0 Å². The summed E-state index contributed by atoms with van der Waals surface area (Å²) in [7, 11) is 0. The zero-order chi connectivity index (χ0) is 16.7. The summed E-state index contributed by atoms with van der Waals surface area (Å²) in [6.07, 6.45) is 1.43. The van der Waals surface area contributed by atoms with E-state index in [0.29, 0.717) is 13.1 Å². The SMILES string of the molecule is CC(NC(=O)NCCNC(=O)c1ccco1)c1ccc(Br)cc1. The third-order valence-corrected chi connectivity index (χ3v) is 3.69. The molecule has 1 heterocycles. The van der Waals surface area contributed by atoms with E-state index in [0.717, 1.165) is 10.0 Å². The van der Waals surface area contributed by atoms with Gasteiger partial charge in [0.15, 0.2) is 5.76 Å². The average Bonchev–Trinajstić information content (AvgIpc) is 3.06. The summed E-state index contributed by atoms with van der Waals surface area (Å²) in [6.45, 7) is 2.55. The van der Waals surface area contributed by atoms with Crippen molar-refractivity contribution >= 4 is 27.9 Å².